The largest absolute Gasteiger partial charge is 0.488 e. The first kappa shape index (κ1) is 23.6. The van der Waals surface area contributed by atoms with Gasteiger partial charge in [0.05, 0.1) is 5.56 Å². The lowest BCUT2D eigenvalue weighted by atomic mass is 10.1. The Kier molecular flexibility index (Phi) is 7.27. The second-order valence-electron chi connectivity index (χ2n) is 8.43. The number of amides is 1. The number of carbonyl (C=O) groups is 1. The summed E-state index contributed by atoms with van der Waals surface area (Å²) in [6, 6.07) is 11.6. The molecule has 1 aliphatic rings. The van der Waals surface area contributed by atoms with Crippen LogP contribution in [0.2, 0.25) is 10.0 Å². The molecule has 1 fully saturated rings. The van der Waals surface area contributed by atoms with Crippen molar-refractivity contribution >= 4 is 29.1 Å². The maximum atomic E-state index is 13.2. The van der Waals surface area contributed by atoms with E-state index in [2.05, 4.69) is 16.1 Å². The van der Waals surface area contributed by atoms with Gasteiger partial charge in [0.2, 0.25) is 0 Å². The summed E-state index contributed by atoms with van der Waals surface area (Å²) in [7, 11) is 0. The van der Waals surface area contributed by atoms with E-state index in [0.29, 0.717) is 40.2 Å². The number of piperazine rings is 1. The van der Waals surface area contributed by atoms with Crippen molar-refractivity contribution in [1.29, 1.82) is 0 Å². The molecule has 1 amide bonds. The van der Waals surface area contributed by atoms with Gasteiger partial charge in [0.25, 0.3) is 5.91 Å². The van der Waals surface area contributed by atoms with E-state index in [4.69, 9.17) is 32.5 Å². The van der Waals surface area contributed by atoms with Gasteiger partial charge in [0, 0.05) is 42.8 Å². The van der Waals surface area contributed by atoms with Gasteiger partial charge in [0.15, 0.2) is 5.69 Å². The van der Waals surface area contributed by atoms with Gasteiger partial charge in [-0.15, -0.1) is 0 Å². The van der Waals surface area contributed by atoms with Crippen LogP contribution in [0.5, 0.6) is 5.75 Å². The van der Waals surface area contributed by atoms with Crippen LogP contribution in [0.25, 0.3) is 0 Å². The van der Waals surface area contributed by atoms with Crippen molar-refractivity contribution in [2.24, 2.45) is 0 Å². The Morgan fingerprint density at radius 1 is 1.06 bits per heavy atom. The van der Waals surface area contributed by atoms with Crippen molar-refractivity contribution < 1.29 is 14.1 Å². The summed E-state index contributed by atoms with van der Waals surface area (Å²) in [6.45, 7) is 9.50. The molecule has 4 rings (SSSR count). The Hall–Kier alpha value is -2.54. The molecule has 33 heavy (non-hydrogen) atoms. The quantitative estimate of drug-likeness (QED) is 0.462. The molecule has 0 aliphatic carbocycles. The topological polar surface area (TPSA) is 58.8 Å². The minimum absolute atomic E-state index is 0.129. The number of aromatic nitrogens is 1. The van der Waals surface area contributed by atoms with Gasteiger partial charge in [0.1, 0.15) is 18.1 Å². The van der Waals surface area contributed by atoms with Crippen LogP contribution in [-0.4, -0.2) is 47.0 Å². The zero-order chi connectivity index (χ0) is 23.5. The average molecular weight is 488 g/mol. The van der Waals surface area contributed by atoms with Gasteiger partial charge in [-0.1, -0.05) is 52.1 Å². The fraction of sp³-hybridized carbons (Fsp3) is 0.360. The van der Waals surface area contributed by atoms with Gasteiger partial charge < -0.3 is 14.2 Å². The van der Waals surface area contributed by atoms with E-state index in [1.54, 1.807) is 13.0 Å². The van der Waals surface area contributed by atoms with Crippen LogP contribution in [0.15, 0.2) is 40.9 Å². The third kappa shape index (κ3) is 5.52. The molecule has 0 N–H and O–H groups in total. The molecule has 6 nitrogen and oxygen atoms in total. The Labute approximate surface area is 204 Å². The van der Waals surface area contributed by atoms with Crippen LogP contribution < -0.4 is 4.74 Å². The summed E-state index contributed by atoms with van der Waals surface area (Å²) in [5.74, 6) is 1.25. The Balaban J connectivity index is 1.38. The van der Waals surface area contributed by atoms with Gasteiger partial charge in [-0.3, -0.25) is 9.69 Å². The summed E-state index contributed by atoms with van der Waals surface area (Å²) < 4.78 is 11.4. The molecule has 3 aromatic rings. The van der Waals surface area contributed by atoms with Crippen LogP contribution in [0, 0.1) is 20.8 Å². The first-order valence-electron chi connectivity index (χ1n) is 10.9. The average Bonchev–Trinajstić information content (AvgIpc) is 3.15. The molecular weight excluding hydrogens is 461 g/mol. The normalized spacial score (nSPS) is 14.5. The van der Waals surface area contributed by atoms with Crippen LogP contribution in [0.1, 0.15) is 38.5 Å². The van der Waals surface area contributed by atoms with Gasteiger partial charge in [-0.25, -0.2) is 0 Å². The van der Waals surface area contributed by atoms with Crippen molar-refractivity contribution in [1.82, 2.24) is 15.0 Å². The summed E-state index contributed by atoms with van der Waals surface area (Å²) in [5, 5.41) is 5.34. The highest BCUT2D eigenvalue weighted by atomic mass is 35.5. The number of halogens is 2. The maximum Gasteiger partial charge on any atom is 0.276 e. The molecular formula is C25H27Cl2N3O3. The third-order valence-electron chi connectivity index (χ3n) is 5.96. The fourth-order valence-electron chi connectivity index (χ4n) is 3.99. The zero-order valence-electron chi connectivity index (χ0n) is 19.0. The van der Waals surface area contributed by atoms with E-state index in [-0.39, 0.29) is 12.5 Å². The highest BCUT2D eigenvalue weighted by molar-refractivity contribution is 6.35. The second-order valence-corrected chi connectivity index (χ2v) is 9.27. The van der Waals surface area contributed by atoms with Gasteiger partial charge in [-0.05, 0) is 50.1 Å². The lowest BCUT2D eigenvalue weighted by molar-refractivity contribution is 0.0616. The van der Waals surface area contributed by atoms with Crippen molar-refractivity contribution in [3.05, 3.63) is 80.2 Å². The molecule has 0 atom stereocenters. The van der Waals surface area contributed by atoms with E-state index < -0.39 is 0 Å². The fourth-order valence-corrected chi connectivity index (χ4v) is 4.46. The van der Waals surface area contributed by atoms with Gasteiger partial charge >= 0.3 is 0 Å². The van der Waals surface area contributed by atoms with Gasteiger partial charge in [-0.2, -0.15) is 0 Å². The molecule has 8 heteroatoms. The van der Waals surface area contributed by atoms with Crippen molar-refractivity contribution in [2.75, 3.05) is 26.2 Å². The molecule has 2 heterocycles. The first-order chi connectivity index (χ1) is 15.8. The number of carbonyl (C=O) groups excluding carboxylic acids is 1. The van der Waals surface area contributed by atoms with E-state index in [1.807, 2.05) is 43.0 Å². The lowest BCUT2D eigenvalue weighted by Crippen LogP contribution is -2.48. The van der Waals surface area contributed by atoms with Crippen molar-refractivity contribution in [3.8, 4) is 5.75 Å². The van der Waals surface area contributed by atoms with E-state index in [9.17, 15) is 4.79 Å². The third-order valence-corrected chi connectivity index (χ3v) is 6.55. The Morgan fingerprint density at radius 3 is 2.52 bits per heavy atom. The number of aryl methyl sites for hydroxylation is 3. The molecule has 1 aliphatic heterocycles. The molecule has 0 saturated carbocycles. The van der Waals surface area contributed by atoms with Crippen molar-refractivity contribution in [2.45, 2.75) is 33.9 Å². The summed E-state index contributed by atoms with van der Waals surface area (Å²) in [5.41, 5.74) is 4.27. The summed E-state index contributed by atoms with van der Waals surface area (Å²) in [6.07, 6.45) is 0. The molecule has 2 aromatic carbocycles. The molecule has 174 valence electrons. The van der Waals surface area contributed by atoms with Crippen LogP contribution in [0.4, 0.5) is 0 Å². The highest BCUT2D eigenvalue weighted by Crippen LogP contribution is 2.25. The Morgan fingerprint density at radius 2 is 1.82 bits per heavy atom. The monoisotopic (exact) mass is 487 g/mol. The molecule has 1 saturated heterocycles. The van der Waals surface area contributed by atoms with E-state index >= 15 is 0 Å². The van der Waals surface area contributed by atoms with E-state index in [1.165, 1.54) is 5.56 Å². The zero-order valence-corrected chi connectivity index (χ0v) is 20.5. The van der Waals surface area contributed by atoms with Crippen LogP contribution in [-0.2, 0) is 13.2 Å². The number of benzene rings is 2. The van der Waals surface area contributed by atoms with E-state index in [0.717, 1.165) is 36.5 Å². The molecule has 0 bridgehead atoms. The van der Waals surface area contributed by atoms with Crippen molar-refractivity contribution in [3.63, 3.8) is 0 Å². The van der Waals surface area contributed by atoms with Crippen LogP contribution in [0.3, 0.4) is 0 Å². The highest BCUT2D eigenvalue weighted by Gasteiger charge is 2.28. The molecule has 1 aromatic heterocycles. The summed E-state index contributed by atoms with van der Waals surface area (Å²) >= 11 is 12.3. The SMILES string of the molecule is Cc1ccc(OCc2c(C(=O)N3CCN(Cc4ccc(Cl)cc4Cl)CC3)noc2C)c(C)c1. The smallest absolute Gasteiger partial charge is 0.276 e. The molecule has 0 spiro atoms. The second kappa shape index (κ2) is 10.2. The standard InChI is InChI=1S/C25H27Cl2N3O3/c1-16-4-7-23(17(2)12-16)32-15-21-18(3)33-28-24(21)25(31)30-10-8-29(9-11-30)14-19-5-6-20(26)13-22(19)27/h4-7,12-13H,8-11,14-15H2,1-3H3. The summed E-state index contributed by atoms with van der Waals surface area (Å²) in [4.78, 5) is 17.3. The number of rotatable bonds is 6. The minimum atomic E-state index is -0.129. The Bertz CT molecular complexity index is 1150. The minimum Gasteiger partial charge on any atom is -0.488 e. The van der Waals surface area contributed by atoms with Crippen LogP contribution >= 0.6 is 23.2 Å². The lowest BCUT2D eigenvalue weighted by Gasteiger charge is -2.34. The molecule has 0 radical (unpaired) electrons. The maximum absolute atomic E-state index is 13.2. The number of hydrogen-bond donors (Lipinski definition) is 0. The predicted molar refractivity (Wildman–Crippen MR) is 129 cm³/mol. The number of nitrogens with zero attached hydrogens (tertiary/aromatic N) is 3. The number of ether oxygens (including phenoxy) is 1. The first-order valence-corrected chi connectivity index (χ1v) is 11.7. The predicted octanol–water partition coefficient (Wildman–Crippen LogP) is 5.44. The number of hydrogen-bond acceptors (Lipinski definition) is 5. The molecule has 0 unspecified atom stereocenters.